The number of methoxy groups -OCH3 is 1. The molecule has 0 bridgehead atoms. The van der Waals surface area contributed by atoms with Gasteiger partial charge in [0.1, 0.15) is 5.75 Å². The molecule has 0 aliphatic heterocycles. The highest BCUT2D eigenvalue weighted by atomic mass is 32.2. The fraction of sp³-hybridized carbons (Fsp3) is 0.364. The Morgan fingerprint density at radius 3 is 2.26 bits per heavy atom. The fourth-order valence-corrected chi connectivity index (χ4v) is 5.24. The third-order valence-electron chi connectivity index (χ3n) is 6.24. The SMILES string of the molecule is CCCCCOc1cc(C(=O)N(CCc2ccc(OC(C)=O)cc2)CC(OC(C)=O)Sc2ccccc2)ccc1OC. The Hall–Kier alpha value is -3.98. The van der Waals surface area contributed by atoms with Crippen molar-refractivity contribution in [1.29, 1.82) is 0 Å². The molecule has 0 saturated heterocycles. The first kappa shape index (κ1) is 32.5. The Labute approximate surface area is 252 Å². The van der Waals surface area contributed by atoms with Gasteiger partial charge in [-0.25, -0.2) is 0 Å². The van der Waals surface area contributed by atoms with Gasteiger partial charge >= 0.3 is 11.9 Å². The molecule has 224 valence electrons. The summed E-state index contributed by atoms with van der Waals surface area (Å²) in [5.41, 5.74) is 0.777. The number of benzene rings is 3. The fourth-order valence-electron chi connectivity index (χ4n) is 4.18. The van der Waals surface area contributed by atoms with Crippen LogP contribution in [0.5, 0.6) is 17.2 Å². The summed E-state index contributed by atoms with van der Waals surface area (Å²) in [4.78, 5) is 39.8. The Morgan fingerprint density at radius 1 is 0.881 bits per heavy atom. The van der Waals surface area contributed by atoms with Crippen LogP contribution in [0.4, 0.5) is 0 Å². The lowest BCUT2D eigenvalue weighted by Gasteiger charge is -2.28. The van der Waals surface area contributed by atoms with Crippen LogP contribution in [0.15, 0.2) is 77.7 Å². The van der Waals surface area contributed by atoms with E-state index in [1.165, 1.54) is 25.6 Å². The molecule has 1 amide bonds. The van der Waals surface area contributed by atoms with Gasteiger partial charge in [-0.15, -0.1) is 0 Å². The highest BCUT2D eigenvalue weighted by Gasteiger charge is 2.24. The van der Waals surface area contributed by atoms with E-state index in [9.17, 15) is 14.4 Å². The van der Waals surface area contributed by atoms with Crippen LogP contribution >= 0.6 is 11.8 Å². The second kappa shape index (κ2) is 17.1. The van der Waals surface area contributed by atoms with Crippen molar-refractivity contribution >= 4 is 29.6 Å². The van der Waals surface area contributed by atoms with Crippen LogP contribution in [0.25, 0.3) is 0 Å². The lowest BCUT2D eigenvalue weighted by atomic mass is 10.1. The molecule has 3 aromatic carbocycles. The van der Waals surface area contributed by atoms with Gasteiger partial charge in [0.05, 0.1) is 20.3 Å². The molecule has 3 rings (SSSR count). The predicted octanol–water partition coefficient (Wildman–Crippen LogP) is 6.56. The quantitative estimate of drug-likeness (QED) is 0.0607. The van der Waals surface area contributed by atoms with Gasteiger partial charge in [-0.1, -0.05) is 61.9 Å². The minimum atomic E-state index is -0.622. The number of nitrogens with zero attached hydrogens (tertiary/aromatic N) is 1. The lowest BCUT2D eigenvalue weighted by molar-refractivity contribution is -0.142. The van der Waals surface area contributed by atoms with Crippen LogP contribution in [-0.2, 0) is 20.7 Å². The van der Waals surface area contributed by atoms with Crippen molar-refractivity contribution < 1.29 is 33.3 Å². The van der Waals surface area contributed by atoms with Crippen molar-refractivity contribution in [3.63, 3.8) is 0 Å². The minimum Gasteiger partial charge on any atom is -0.493 e. The number of amides is 1. The minimum absolute atomic E-state index is 0.169. The van der Waals surface area contributed by atoms with Gasteiger partial charge in [0.25, 0.3) is 5.91 Å². The molecule has 9 heteroatoms. The Morgan fingerprint density at radius 2 is 1.62 bits per heavy atom. The molecule has 1 atom stereocenters. The van der Waals surface area contributed by atoms with E-state index in [2.05, 4.69) is 6.92 Å². The normalized spacial score (nSPS) is 11.3. The van der Waals surface area contributed by atoms with Gasteiger partial charge in [-0.05, 0) is 60.9 Å². The lowest BCUT2D eigenvalue weighted by Crippen LogP contribution is -2.39. The summed E-state index contributed by atoms with van der Waals surface area (Å²) >= 11 is 1.38. The summed E-state index contributed by atoms with van der Waals surface area (Å²) in [6.45, 7) is 5.89. The average molecular weight is 594 g/mol. The molecule has 0 saturated carbocycles. The number of rotatable bonds is 16. The first-order chi connectivity index (χ1) is 20.3. The number of hydrogen-bond donors (Lipinski definition) is 0. The van der Waals surface area contributed by atoms with Crippen molar-refractivity contribution in [3.8, 4) is 17.2 Å². The van der Waals surface area contributed by atoms with Crippen LogP contribution in [0.3, 0.4) is 0 Å². The summed E-state index contributed by atoms with van der Waals surface area (Å²) in [5, 5.41) is 0. The summed E-state index contributed by atoms with van der Waals surface area (Å²) in [6.07, 6.45) is 3.56. The molecular formula is C33H39NO7S. The molecule has 0 heterocycles. The Bertz CT molecular complexity index is 1300. The molecule has 0 spiro atoms. The zero-order valence-corrected chi connectivity index (χ0v) is 25.5. The molecule has 42 heavy (non-hydrogen) atoms. The van der Waals surface area contributed by atoms with Gasteiger partial charge in [0, 0.05) is 30.9 Å². The van der Waals surface area contributed by atoms with Crippen LogP contribution in [0.2, 0.25) is 0 Å². The Kier molecular flexibility index (Phi) is 13.2. The van der Waals surface area contributed by atoms with E-state index in [1.54, 1.807) is 42.3 Å². The van der Waals surface area contributed by atoms with Gasteiger partial charge in [-0.2, -0.15) is 0 Å². The predicted molar refractivity (Wildman–Crippen MR) is 163 cm³/mol. The van der Waals surface area contributed by atoms with E-state index in [1.807, 2.05) is 42.5 Å². The molecular weight excluding hydrogens is 554 g/mol. The van der Waals surface area contributed by atoms with E-state index in [4.69, 9.17) is 18.9 Å². The van der Waals surface area contributed by atoms with Gasteiger partial charge in [0.2, 0.25) is 0 Å². The van der Waals surface area contributed by atoms with Crippen LogP contribution in [0.1, 0.15) is 56.0 Å². The zero-order chi connectivity index (χ0) is 30.3. The molecule has 0 fully saturated rings. The number of hydrogen-bond acceptors (Lipinski definition) is 8. The van der Waals surface area contributed by atoms with Crippen molar-refractivity contribution in [2.24, 2.45) is 0 Å². The van der Waals surface area contributed by atoms with E-state index in [0.29, 0.717) is 42.4 Å². The largest absolute Gasteiger partial charge is 0.493 e. The maximum atomic E-state index is 14.0. The van der Waals surface area contributed by atoms with Crippen molar-refractivity contribution in [1.82, 2.24) is 4.90 Å². The van der Waals surface area contributed by atoms with Crippen molar-refractivity contribution in [3.05, 3.63) is 83.9 Å². The summed E-state index contributed by atoms with van der Waals surface area (Å²) in [5.74, 6) is 0.483. The summed E-state index contributed by atoms with van der Waals surface area (Å²) in [7, 11) is 1.57. The highest BCUT2D eigenvalue weighted by Crippen LogP contribution is 2.30. The molecule has 0 radical (unpaired) electrons. The standard InChI is InChI=1S/C33H39NO7S/c1-5-6-10-21-39-31-22-27(15-18-30(31)38-4)33(37)34(20-19-26-13-16-28(17-14-26)40-24(2)35)23-32(41-25(3)36)42-29-11-8-7-9-12-29/h7-9,11-18,22,32H,5-6,10,19-21,23H2,1-4H3. The topological polar surface area (TPSA) is 91.4 Å². The molecule has 0 N–H and O–H groups in total. The molecule has 0 aromatic heterocycles. The number of carbonyl (C=O) groups excluding carboxylic acids is 3. The van der Waals surface area contributed by atoms with E-state index in [-0.39, 0.29) is 18.4 Å². The second-order valence-corrected chi connectivity index (χ2v) is 10.9. The second-order valence-electron chi connectivity index (χ2n) is 9.63. The third kappa shape index (κ3) is 10.8. The van der Waals surface area contributed by atoms with Gasteiger partial charge in [-0.3, -0.25) is 14.4 Å². The van der Waals surface area contributed by atoms with E-state index >= 15 is 0 Å². The van der Waals surface area contributed by atoms with Crippen molar-refractivity contribution in [2.45, 2.75) is 56.8 Å². The maximum Gasteiger partial charge on any atom is 0.308 e. The number of ether oxygens (including phenoxy) is 4. The van der Waals surface area contributed by atoms with Gasteiger partial charge in [0.15, 0.2) is 16.9 Å². The van der Waals surface area contributed by atoms with Crippen LogP contribution < -0.4 is 14.2 Å². The zero-order valence-electron chi connectivity index (χ0n) is 24.7. The number of esters is 2. The van der Waals surface area contributed by atoms with E-state index in [0.717, 1.165) is 29.7 Å². The first-order valence-corrected chi connectivity index (χ1v) is 14.9. The monoisotopic (exact) mass is 593 g/mol. The van der Waals surface area contributed by atoms with Crippen LogP contribution in [-0.4, -0.2) is 55.0 Å². The third-order valence-corrected chi connectivity index (χ3v) is 7.29. The molecule has 8 nitrogen and oxygen atoms in total. The van der Waals surface area contributed by atoms with Crippen LogP contribution in [0, 0.1) is 0 Å². The highest BCUT2D eigenvalue weighted by molar-refractivity contribution is 7.99. The summed E-state index contributed by atoms with van der Waals surface area (Å²) < 4.78 is 22.2. The number of carbonyl (C=O) groups is 3. The average Bonchev–Trinajstić information content (AvgIpc) is 2.97. The molecule has 0 aliphatic carbocycles. The molecule has 3 aromatic rings. The van der Waals surface area contributed by atoms with Gasteiger partial charge < -0.3 is 23.8 Å². The number of unbranched alkanes of at least 4 members (excludes halogenated alkanes) is 2. The van der Waals surface area contributed by atoms with E-state index < -0.39 is 11.4 Å². The maximum absolute atomic E-state index is 14.0. The Balaban J connectivity index is 1.85. The smallest absolute Gasteiger partial charge is 0.308 e. The number of thioether (sulfide) groups is 1. The first-order valence-electron chi connectivity index (χ1n) is 14.1. The molecule has 0 aliphatic rings. The summed E-state index contributed by atoms with van der Waals surface area (Å²) in [6, 6.07) is 21.9. The van der Waals surface area contributed by atoms with Crippen molar-refractivity contribution in [2.75, 3.05) is 26.8 Å². The molecule has 1 unspecified atom stereocenters.